The number of ether oxygens (including phenoxy) is 1. The first kappa shape index (κ1) is 21.1. The fourth-order valence-electron chi connectivity index (χ4n) is 2.68. The molecule has 0 saturated heterocycles. The topological polar surface area (TPSA) is 108 Å². The van der Waals surface area contributed by atoms with E-state index in [9.17, 15) is 14.9 Å². The lowest BCUT2D eigenvalue weighted by Crippen LogP contribution is -2.25. The minimum absolute atomic E-state index is 0.225. The Bertz CT molecular complexity index is 1130. The van der Waals surface area contributed by atoms with Gasteiger partial charge < -0.3 is 15.8 Å². The molecule has 0 aliphatic carbocycles. The number of hydrogen-bond acceptors (Lipinski definition) is 5. The van der Waals surface area contributed by atoms with Crippen LogP contribution < -0.4 is 20.7 Å². The number of anilines is 3. The zero-order chi connectivity index (χ0) is 22.2. The fraction of sp³-hybridized carbons (Fsp3) is 0.0417. The van der Waals surface area contributed by atoms with Crippen LogP contribution in [0.2, 0.25) is 0 Å². The van der Waals surface area contributed by atoms with Crippen molar-refractivity contribution in [3.63, 3.8) is 0 Å². The average Bonchev–Trinajstić information content (AvgIpc) is 2.77. The molecule has 3 rings (SSSR count). The van der Waals surface area contributed by atoms with E-state index < -0.39 is 5.91 Å². The minimum atomic E-state index is -0.638. The van der Waals surface area contributed by atoms with Crippen molar-refractivity contribution in [1.29, 1.82) is 5.26 Å². The zero-order valence-corrected chi connectivity index (χ0v) is 16.8. The van der Waals surface area contributed by atoms with Crippen molar-refractivity contribution >= 4 is 28.9 Å². The molecule has 3 aromatic carbocycles. The highest BCUT2D eigenvalue weighted by Gasteiger charge is 2.15. The van der Waals surface area contributed by atoms with Crippen molar-refractivity contribution in [1.82, 2.24) is 0 Å². The monoisotopic (exact) mass is 412 g/mol. The summed E-state index contributed by atoms with van der Waals surface area (Å²) in [5.74, 6) is 0.306. The van der Waals surface area contributed by atoms with Crippen molar-refractivity contribution in [3.05, 3.63) is 90.6 Å². The molecule has 31 heavy (non-hydrogen) atoms. The molecule has 0 spiro atoms. The number of rotatable bonds is 6. The van der Waals surface area contributed by atoms with Gasteiger partial charge in [-0.05, 0) is 60.7 Å². The average molecular weight is 412 g/mol. The molecular weight excluding hydrogens is 392 g/mol. The molecule has 154 valence electrons. The van der Waals surface area contributed by atoms with Crippen LogP contribution in [0.3, 0.4) is 0 Å². The van der Waals surface area contributed by atoms with E-state index in [1.165, 1.54) is 18.0 Å². The molecule has 0 unspecified atom stereocenters. The van der Waals surface area contributed by atoms with Gasteiger partial charge in [0.2, 0.25) is 5.91 Å². The molecule has 0 heterocycles. The smallest absolute Gasteiger partial charge is 0.267 e. The van der Waals surface area contributed by atoms with Crippen LogP contribution in [0.15, 0.2) is 90.6 Å². The highest BCUT2D eigenvalue weighted by molar-refractivity contribution is 6.08. The highest BCUT2D eigenvalue weighted by atomic mass is 16.5. The number of carbonyl (C=O) groups is 2. The number of hydrogen-bond donors (Lipinski definition) is 2. The highest BCUT2D eigenvalue weighted by Crippen LogP contribution is 2.23. The van der Waals surface area contributed by atoms with Crippen LogP contribution in [0.1, 0.15) is 6.92 Å². The Morgan fingerprint density at radius 2 is 1.58 bits per heavy atom. The summed E-state index contributed by atoms with van der Waals surface area (Å²) >= 11 is 0. The number of nitrogen functional groups attached to an aromatic ring is 1. The van der Waals surface area contributed by atoms with Gasteiger partial charge in [0, 0.05) is 30.2 Å². The second-order valence-corrected chi connectivity index (χ2v) is 6.53. The Kier molecular flexibility index (Phi) is 6.66. The van der Waals surface area contributed by atoms with Crippen LogP contribution in [0.25, 0.3) is 0 Å². The first-order valence-electron chi connectivity index (χ1n) is 9.38. The molecule has 7 heteroatoms. The molecule has 0 fully saturated rings. The Labute approximate surface area is 180 Å². The lowest BCUT2D eigenvalue weighted by Gasteiger charge is -2.17. The second-order valence-electron chi connectivity index (χ2n) is 6.53. The molecular formula is C24H20N4O3. The lowest BCUT2D eigenvalue weighted by atomic mass is 10.2. The molecule has 0 radical (unpaired) electrons. The van der Waals surface area contributed by atoms with Gasteiger partial charge in [0.05, 0.1) is 0 Å². The molecule has 2 amide bonds. The van der Waals surface area contributed by atoms with Crippen molar-refractivity contribution < 1.29 is 14.3 Å². The van der Waals surface area contributed by atoms with E-state index >= 15 is 0 Å². The molecule has 0 atom stereocenters. The number of carbonyl (C=O) groups excluding carboxylic acids is 2. The van der Waals surface area contributed by atoms with Crippen LogP contribution in [-0.2, 0) is 9.59 Å². The fourth-order valence-corrected chi connectivity index (χ4v) is 2.68. The largest absolute Gasteiger partial charge is 0.457 e. The Morgan fingerprint density at radius 1 is 0.968 bits per heavy atom. The van der Waals surface area contributed by atoms with Crippen LogP contribution >= 0.6 is 0 Å². The first-order chi connectivity index (χ1) is 15.0. The SMILES string of the molecule is CC(=O)N(/C=C(/C#N)C(=O)Nc1ccc(Oc2ccccc2)cc1)c1ccc(N)cc1. The van der Waals surface area contributed by atoms with Crippen LogP contribution in [0.4, 0.5) is 17.1 Å². The number of nitrogens with zero attached hydrogens (tertiary/aromatic N) is 2. The number of amides is 2. The molecule has 0 bridgehead atoms. The van der Waals surface area contributed by atoms with Crippen LogP contribution in [0.5, 0.6) is 11.5 Å². The van der Waals surface area contributed by atoms with Crippen LogP contribution in [0, 0.1) is 11.3 Å². The third-order valence-corrected chi connectivity index (χ3v) is 4.22. The number of nitrogens with one attached hydrogen (secondary N) is 1. The predicted molar refractivity (Wildman–Crippen MR) is 119 cm³/mol. The summed E-state index contributed by atoms with van der Waals surface area (Å²) in [5, 5.41) is 12.1. The van der Waals surface area contributed by atoms with E-state index in [0.29, 0.717) is 28.6 Å². The van der Waals surface area contributed by atoms with E-state index in [1.807, 2.05) is 36.4 Å². The van der Waals surface area contributed by atoms with E-state index in [-0.39, 0.29) is 11.5 Å². The van der Waals surface area contributed by atoms with Gasteiger partial charge in [-0.3, -0.25) is 14.5 Å². The summed E-state index contributed by atoms with van der Waals surface area (Å²) in [6.45, 7) is 1.34. The summed E-state index contributed by atoms with van der Waals surface area (Å²) in [6.07, 6.45) is 1.20. The maximum Gasteiger partial charge on any atom is 0.267 e. The van der Waals surface area contributed by atoms with Gasteiger partial charge in [0.25, 0.3) is 5.91 Å². The predicted octanol–water partition coefficient (Wildman–Crippen LogP) is 4.46. The van der Waals surface area contributed by atoms with Gasteiger partial charge in [-0.25, -0.2) is 0 Å². The van der Waals surface area contributed by atoms with Gasteiger partial charge in [-0.2, -0.15) is 5.26 Å². The van der Waals surface area contributed by atoms with Gasteiger partial charge in [-0.1, -0.05) is 18.2 Å². The third-order valence-electron chi connectivity index (χ3n) is 4.22. The Balaban J connectivity index is 1.73. The zero-order valence-electron chi connectivity index (χ0n) is 16.8. The third kappa shape index (κ3) is 5.71. The molecule has 0 aliphatic rings. The van der Waals surface area contributed by atoms with Crippen LogP contribution in [-0.4, -0.2) is 11.8 Å². The Morgan fingerprint density at radius 3 is 2.16 bits per heavy atom. The molecule has 7 nitrogen and oxygen atoms in total. The van der Waals surface area contributed by atoms with Crippen molar-refractivity contribution in [2.75, 3.05) is 16.0 Å². The molecule has 3 aromatic rings. The Hall–Kier alpha value is -4.57. The number of nitrogens with two attached hydrogens (primary N) is 1. The van der Waals surface area contributed by atoms with Crippen molar-refractivity contribution in [2.24, 2.45) is 0 Å². The van der Waals surface area contributed by atoms with Crippen molar-refractivity contribution in [2.45, 2.75) is 6.92 Å². The molecule has 3 N–H and O–H groups in total. The van der Waals surface area contributed by atoms with Crippen molar-refractivity contribution in [3.8, 4) is 17.6 Å². The second kappa shape index (κ2) is 9.76. The van der Waals surface area contributed by atoms with Gasteiger partial charge in [0.15, 0.2) is 0 Å². The first-order valence-corrected chi connectivity index (χ1v) is 9.38. The van der Waals surface area contributed by atoms with Gasteiger partial charge in [-0.15, -0.1) is 0 Å². The van der Waals surface area contributed by atoms with E-state index in [2.05, 4.69) is 5.32 Å². The summed E-state index contributed by atoms with van der Waals surface area (Å²) in [5.41, 5.74) is 6.96. The lowest BCUT2D eigenvalue weighted by molar-refractivity contribution is -0.116. The van der Waals surface area contributed by atoms with Gasteiger partial charge >= 0.3 is 0 Å². The summed E-state index contributed by atoms with van der Waals surface area (Å²) < 4.78 is 5.71. The number of benzene rings is 3. The van der Waals surface area contributed by atoms with E-state index in [0.717, 1.165) is 0 Å². The standard InChI is InChI=1S/C24H20N4O3/c1-17(29)28(21-11-7-19(26)8-12-21)16-18(15-25)24(30)27-20-9-13-23(14-10-20)31-22-5-3-2-4-6-22/h2-14,16H,26H2,1H3,(H,27,30)/b18-16-. The quantitative estimate of drug-likeness (QED) is 0.353. The molecule has 0 saturated carbocycles. The summed E-state index contributed by atoms with van der Waals surface area (Å²) in [6, 6.07) is 24.4. The van der Waals surface area contributed by atoms with Gasteiger partial charge in [0.1, 0.15) is 23.1 Å². The molecule has 0 aromatic heterocycles. The van der Waals surface area contributed by atoms with E-state index in [1.54, 1.807) is 48.5 Å². The molecule has 0 aliphatic heterocycles. The maximum atomic E-state index is 12.6. The maximum absolute atomic E-state index is 12.6. The summed E-state index contributed by atoms with van der Waals surface area (Å²) in [4.78, 5) is 25.8. The summed E-state index contributed by atoms with van der Waals surface area (Å²) in [7, 11) is 0. The minimum Gasteiger partial charge on any atom is -0.457 e. The number of para-hydroxylation sites is 1. The normalized spacial score (nSPS) is 10.6. The van der Waals surface area contributed by atoms with E-state index in [4.69, 9.17) is 10.5 Å². The number of nitriles is 1.